The van der Waals surface area contributed by atoms with Gasteiger partial charge in [-0.05, 0) is 47.5 Å². The van der Waals surface area contributed by atoms with Gasteiger partial charge in [0.05, 0.1) is 21.3 Å². The van der Waals surface area contributed by atoms with Crippen LogP contribution in [-0.4, -0.2) is 52.5 Å². The molecule has 9 heteroatoms. The molecule has 0 amide bonds. The Hall–Kier alpha value is -4.83. The molecule has 0 unspecified atom stereocenters. The van der Waals surface area contributed by atoms with Gasteiger partial charge in [0.15, 0.2) is 12.2 Å². The first-order valence-corrected chi connectivity index (χ1v) is 17.8. The first kappa shape index (κ1) is 35.5. The molecule has 0 aliphatic rings. The number of carbonyl (C=O) groups is 3. The highest BCUT2D eigenvalue weighted by Gasteiger charge is 2.42. The highest BCUT2D eigenvalue weighted by molar-refractivity contribution is 8.16. The number of aliphatic hydroxyl groups excluding tert-OH is 1. The fraction of sp³-hybridized carbons (Fsp3) is 0.175. The summed E-state index contributed by atoms with van der Waals surface area (Å²) in [6, 6.07) is 44.9. The van der Waals surface area contributed by atoms with Crippen molar-refractivity contribution in [2.75, 3.05) is 6.61 Å². The smallest absolute Gasteiger partial charge is 0.338 e. The summed E-state index contributed by atoms with van der Waals surface area (Å²) in [5.74, 6) is -0.930. The van der Waals surface area contributed by atoms with Gasteiger partial charge in [-0.1, -0.05) is 115 Å². The number of rotatable bonds is 16. The lowest BCUT2D eigenvalue weighted by Crippen LogP contribution is -2.49. The topological polar surface area (TPSA) is 99.1 Å². The van der Waals surface area contributed by atoms with E-state index in [0.29, 0.717) is 22.6 Å². The summed E-state index contributed by atoms with van der Waals surface area (Å²) in [4.78, 5) is 40.1. The fourth-order valence-electron chi connectivity index (χ4n) is 4.83. The van der Waals surface area contributed by atoms with Crippen LogP contribution in [0.1, 0.15) is 42.2 Å². The summed E-state index contributed by atoms with van der Waals surface area (Å²) < 4.78 is 17.2. The van der Waals surface area contributed by atoms with Crippen LogP contribution >= 0.6 is 23.5 Å². The van der Waals surface area contributed by atoms with Crippen molar-refractivity contribution in [3.8, 4) is 0 Å². The molecule has 0 bridgehead atoms. The second-order valence-corrected chi connectivity index (χ2v) is 13.5. The van der Waals surface area contributed by atoms with Gasteiger partial charge in [-0.25, -0.2) is 14.4 Å². The van der Waals surface area contributed by atoms with Crippen molar-refractivity contribution in [3.05, 3.63) is 179 Å². The Morgan fingerprint density at radius 3 is 1.24 bits per heavy atom. The normalized spacial score (nSPS) is 12.8. The Balaban J connectivity index is 1.50. The number of carbonyl (C=O) groups excluding carboxylic acids is 3. The van der Waals surface area contributed by atoms with E-state index in [1.165, 1.54) is 23.5 Å². The number of esters is 3. The van der Waals surface area contributed by atoms with Gasteiger partial charge in [0.1, 0.15) is 12.7 Å². The molecule has 0 radical (unpaired) electrons. The average molecular weight is 693 g/mol. The Morgan fingerprint density at radius 1 is 0.490 bits per heavy atom. The summed E-state index contributed by atoms with van der Waals surface area (Å²) in [7, 11) is 0. The average Bonchev–Trinajstić information content (AvgIpc) is 3.17. The summed E-state index contributed by atoms with van der Waals surface area (Å²) >= 11 is 3.01. The van der Waals surface area contributed by atoms with E-state index >= 15 is 0 Å². The van der Waals surface area contributed by atoms with Crippen molar-refractivity contribution in [2.24, 2.45) is 0 Å². The maximum Gasteiger partial charge on any atom is 0.338 e. The van der Waals surface area contributed by atoms with Crippen LogP contribution < -0.4 is 0 Å². The third kappa shape index (κ3) is 10.8. The number of thioether (sulfide) groups is 2. The van der Waals surface area contributed by atoms with Gasteiger partial charge in [0.2, 0.25) is 0 Å². The lowest BCUT2D eigenvalue weighted by Gasteiger charge is -2.34. The molecule has 5 aromatic carbocycles. The maximum atomic E-state index is 13.7. The number of hydrogen-bond acceptors (Lipinski definition) is 9. The zero-order chi connectivity index (χ0) is 34.3. The molecular weight excluding hydrogens is 657 g/mol. The first-order chi connectivity index (χ1) is 24.0. The van der Waals surface area contributed by atoms with Gasteiger partial charge < -0.3 is 19.3 Å². The third-order valence-corrected chi connectivity index (χ3v) is 10.4. The lowest BCUT2D eigenvalue weighted by molar-refractivity contribution is -0.0912. The highest BCUT2D eigenvalue weighted by Crippen LogP contribution is 2.37. The van der Waals surface area contributed by atoms with E-state index in [4.69, 9.17) is 14.2 Å². The molecule has 7 nitrogen and oxygen atoms in total. The Bertz CT molecular complexity index is 1700. The molecule has 0 aliphatic carbocycles. The zero-order valence-corrected chi connectivity index (χ0v) is 28.2. The lowest BCUT2D eigenvalue weighted by atomic mass is 10.1. The van der Waals surface area contributed by atoms with Crippen LogP contribution in [0.2, 0.25) is 0 Å². The largest absolute Gasteiger partial charge is 0.459 e. The van der Waals surface area contributed by atoms with Gasteiger partial charge >= 0.3 is 17.9 Å². The molecule has 0 aromatic heterocycles. The van der Waals surface area contributed by atoms with Gasteiger partial charge in [0.25, 0.3) is 0 Å². The van der Waals surface area contributed by atoms with Gasteiger partial charge in [-0.3, -0.25) is 0 Å². The molecule has 0 saturated heterocycles. The minimum absolute atomic E-state index is 0.250. The summed E-state index contributed by atoms with van der Waals surface area (Å²) in [5.41, 5.74) is 2.93. The summed E-state index contributed by atoms with van der Waals surface area (Å²) in [6.45, 7) is -0.515. The minimum atomic E-state index is -1.55. The van der Waals surface area contributed by atoms with E-state index in [1.807, 2.05) is 60.7 Å². The third-order valence-electron chi connectivity index (χ3n) is 7.39. The molecule has 49 heavy (non-hydrogen) atoms. The molecule has 5 rings (SSSR count). The number of hydrogen-bond donors (Lipinski definition) is 1. The Kier molecular flexibility index (Phi) is 13.5. The predicted molar refractivity (Wildman–Crippen MR) is 193 cm³/mol. The van der Waals surface area contributed by atoms with Crippen molar-refractivity contribution in [2.45, 2.75) is 34.4 Å². The fourth-order valence-corrected chi connectivity index (χ4v) is 7.52. The summed E-state index contributed by atoms with van der Waals surface area (Å²) in [5, 5.41) is 11.7. The SMILES string of the molecule is O=C(OC[C@@H](O)[C@@H](OC(=O)c1ccccc1)[C@@H](OC(=O)c1ccccc1)C(SCc1ccccc1)SCc1ccccc1)c1ccccc1. The quantitative estimate of drug-likeness (QED) is 0.0630. The summed E-state index contributed by atoms with van der Waals surface area (Å²) in [6.07, 6.45) is -4.14. The van der Waals surface area contributed by atoms with E-state index in [2.05, 4.69) is 0 Å². The van der Waals surface area contributed by atoms with Crippen molar-refractivity contribution in [3.63, 3.8) is 0 Å². The van der Waals surface area contributed by atoms with Gasteiger partial charge in [-0.2, -0.15) is 0 Å². The van der Waals surface area contributed by atoms with E-state index < -0.39 is 47.4 Å². The molecule has 5 aromatic rings. The van der Waals surface area contributed by atoms with E-state index in [1.54, 1.807) is 91.0 Å². The zero-order valence-electron chi connectivity index (χ0n) is 26.6. The highest BCUT2D eigenvalue weighted by atomic mass is 32.2. The number of ether oxygens (including phenoxy) is 3. The van der Waals surface area contributed by atoms with Crippen molar-refractivity contribution in [1.82, 2.24) is 0 Å². The number of aliphatic hydroxyl groups is 1. The second kappa shape index (κ2) is 18.6. The second-order valence-electron chi connectivity index (χ2n) is 11.0. The van der Waals surface area contributed by atoms with Crippen LogP contribution in [0.5, 0.6) is 0 Å². The molecule has 0 saturated carbocycles. The van der Waals surface area contributed by atoms with E-state index in [9.17, 15) is 19.5 Å². The molecule has 250 valence electrons. The molecule has 0 spiro atoms. The Labute approximate surface area is 294 Å². The molecule has 0 fully saturated rings. The van der Waals surface area contributed by atoms with Crippen molar-refractivity contribution < 1.29 is 33.7 Å². The van der Waals surface area contributed by atoms with Gasteiger partial charge in [-0.15, -0.1) is 23.5 Å². The van der Waals surface area contributed by atoms with Crippen LogP contribution in [0.15, 0.2) is 152 Å². The van der Waals surface area contributed by atoms with E-state index in [-0.39, 0.29) is 5.56 Å². The van der Waals surface area contributed by atoms with Crippen molar-refractivity contribution in [1.29, 1.82) is 0 Å². The van der Waals surface area contributed by atoms with E-state index in [0.717, 1.165) is 11.1 Å². The van der Waals surface area contributed by atoms with Crippen molar-refractivity contribution >= 4 is 41.4 Å². The molecule has 0 aliphatic heterocycles. The maximum absolute atomic E-state index is 13.7. The van der Waals surface area contributed by atoms with Crippen LogP contribution in [0.25, 0.3) is 0 Å². The Morgan fingerprint density at radius 2 is 0.837 bits per heavy atom. The van der Waals surface area contributed by atoms with Gasteiger partial charge in [0, 0.05) is 11.5 Å². The first-order valence-electron chi connectivity index (χ1n) is 15.7. The molecular formula is C40H36O7S2. The van der Waals surface area contributed by atoms with Crippen LogP contribution in [-0.2, 0) is 25.7 Å². The molecule has 0 heterocycles. The standard InChI is InChI=1S/C40H36O7S2/c41-34(26-45-37(42)31-20-10-3-11-21-31)35(46-38(43)32-22-12-4-13-23-32)36(47-39(44)33-24-14-5-15-25-33)40(48-27-29-16-6-1-7-17-29)49-28-30-18-8-2-9-19-30/h1-25,34-36,40-41H,26-28H2/t34-,35-,36-/m1/s1. The van der Waals surface area contributed by atoms with Crippen LogP contribution in [0.3, 0.4) is 0 Å². The molecule has 1 N–H and O–H groups in total. The predicted octanol–water partition coefficient (Wildman–Crippen LogP) is 7.85. The number of benzene rings is 5. The van der Waals surface area contributed by atoms with Crippen LogP contribution in [0, 0.1) is 0 Å². The van der Waals surface area contributed by atoms with Crippen LogP contribution in [0.4, 0.5) is 0 Å². The minimum Gasteiger partial charge on any atom is -0.459 e. The monoisotopic (exact) mass is 692 g/mol. The molecule has 3 atom stereocenters.